The monoisotopic (exact) mass is 150 g/mol. The van der Waals surface area contributed by atoms with Crippen LogP contribution in [0.1, 0.15) is 0 Å². The zero-order valence-electron chi connectivity index (χ0n) is 5.67. The Bertz CT molecular complexity index is 62.9. The zero-order valence-corrected chi connectivity index (χ0v) is 6.49. The van der Waals surface area contributed by atoms with Gasteiger partial charge in [-0.25, -0.2) is 0 Å². The van der Waals surface area contributed by atoms with Gasteiger partial charge in [0, 0.05) is 12.6 Å². The Morgan fingerprint density at radius 3 is 2.78 bits per heavy atom. The van der Waals surface area contributed by atoms with Gasteiger partial charge < -0.3 is 16.2 Å². The molecule has 4 heteroatoms. The molecule has 9 heavy (non-hydrogen) atoms. The van der Waals surface area contributed by atoms with Crippen molar-refractivity contribution in [3.8, 4) is 0 Å². The van der Waals surface area contributed by atoms with Gasteiger partial charge in [0.15, 0.2) is 0 Å². The van der Waals surface area contributed by atoms with Crippen LogP contribution < -0.4 is 11.5 Å². The van der Waals surface area contributed by atoms with E-state index in [1.165, 1.54) is 0 Å². The lowest BCUT2D eigenvalue weighted by atomic mass is 10.3. The fraction of sp³-hybridized carbons (Fsp3) is 1.00. The van der Waals surface area contributed by atoms with Gasteiger partial charge in [0.1, 0.15) is 0 Å². The van der Waals surface area contributed by atoms with Crippen molar-refractivity contribution in [1.82, 2.24) is 0 Å². The van der Waals surface area contributed by atoms with Crippen molar-refractivity contribution in [3.63, 3.8) is 0 Å². The van der Waals surface area contributed by atoms with Gasteiger partial charge >= 0.3 is 0 Å². The van der Waals surface area contributed by atoms with Crippen LogP contribution in [0.3, 0.4) is 0 Å². The summed E-state index contributed by atoms with van der Waals surface area (Å²) < 4.78 is 5.09. The fourth-order valence-electron chi connectivity index (χ4n) is 0.351. The summed E-state index contributed by atoms with van der Waals surface area (Å²) in [4.78, 5) is 0. The number of thioether (sulfide) groups is 1. The first-order valence-electron chi connectivity index (χ1n) is 2.83. The summed E-state index contributed by atoms with van der Waals surface area (Å²) >= 11 is 1.64. The first kappa shape index (κ1) is 9.23. The van der Waals surface area contributed by atoms with Gasteiger partial charge in [-0.05, 0) is 6.26 Å². The molecule has 0 aliphatic carbocycles. The average molecular weight is 150 g/mol. The second-order valence-electron chi connectivity index (χ2n) is 1.77. The van der Waals surface area contributed by atoms with E-state index in [4.69, 9.17) is 16.2 Å². The van der Waals surface area contributed by atoms with Gasteiger partial charge in [-0.15, -0.1) is 11.8 Å². The van der Waals surface area contributed by atoms with Crippen LogP contribution >= 0.6 is 11.8 Å². The summed E-state index contributed by atoms with van der Waals surface area (Å²) in [5.74, 6) is 0.702. The van der Waals surface area contributed by atoms with Crippen molar-refractivity contribution >= 4 is 11.8 Å². The van der Waals surface area contributed by atoms with E-state index in [9.17, 15) is 0 Å². The van der Waals surface area contributed by atoms with Crippen molar-refractivity contribution in [2.75, 3.05) is 25.3 Å². The highest BCUT2D eigenvalue weighted by atomic mass is 32.2. The van der Waals surface area contributed by atoms with E-state index < -0.39 is 0 Å². The second-order valence-corrected chi connectivity index (χ2v) is 2.59. The quantitative estimate of drug-likeness (QED) is 0.414. The standard InChI is InChI=1S/C5H14N2OS/c1-9-4-8-3-5(7)2-6/h5H,2-4,6-7H2,1H3/t5-/m0/s1. The van der Waals surface area contributed by atoms with E-state index in [1.54, 1.807) is 11.8 Å². The van der Waals surface area contributed by atoms with Crippen LogP contribution in [0.5, 0.6) is 0 Å². The highest BCUT2D eigenvalue weighted by Crippen LogP contribution is 1.91. The molecule has 4 N–H and O–H groups in total. The van der Waals surface area contributed by atoms with E-state index in [1.807, 2.05) is 6.26 Å². The lowest BCUT2D eigenvalue weighted by Crippen LogP contribution is -2.34. The van der Waals surface area contributed by atoms with Crippen molar-refractivity contribution in [1.29, 1.82) is 0 Å². The van der Waals surface area contributed by atoms with Crippen LogP contribution in [0.4, 0.5) is 0 Å². The minimum absolute atomic E-state index is 0.00264. The fourth-order valence-corrected chi connectivity index (χ4v) is 0.614. The van der Waals surface area contributed by atoms with Gasteiger partial charge in [0.05, 0.1) is 12.5 Å². The molecule has 0 radical (unpaired) electrons. The molecule has 0 fully saturated rings. The maximum atomic E-state index is 5.45. The van der Waals surface area contributed by atoms with Gasteiger partial charge in [-0.1, -0.05) is 0 Å². The molecule has 1 atom stereocenters. The van der Waals surface area contributed by atoms with Gasteiger partial charge in [-0.3, -0.25) is 0 Å². The van der Waals surface area contributed by atoms with Crippen LogP contribution in [0.15, 0.2) is 0 Å². The predicted octanol–water partition coefficient (Wildman–Crippen LogP) is -0.390. The van der Waals surface area contributed by atoms with Crippen molar-refractivity contribution < 1.29 is 4.74 Å². The number of ether oxygens (including phenoxy) is 1. The third-order valence-electron chi connectivity index (χ3n) is 0.836. The zero-order chi connectivity index (χ0) is 7.11. The van der Waals surface area contributed by atoms with Crippen molar-refractivity contribution in [2.24, 2.45) is 11.5 Å². The Morgan fingerprint density at radius 1 is 1.67 bits per heavy atom. The van der Waals surface area contributed by atoms with Crippen LogP contribution in [0.2, 0.25) is 0 Å². The van der Waals surface area contributed by atoms with Crippen LogP contribution in [-0.4, -0.2) is 31.4 Å². The highest BCUT2D eigenvalue weighted by Gasteiger charge is 1.96. The van der Waals surface area contributed by atoms with E-state index in [-0.39, 0.29) is 6.04 Å². The molecule has 0 aliphatic heterocycles. The van der Waals surface area contributed by atoms with Gasteiger partial charge in [-0.2, -0.15) is 0 Å². The Morgan fingerprint density at radius 2 is 2.33 bits per heavy atom. The molecule has 0 aliphatic rings. The van der Waals surface area contributed by atoms with Gasteiger partial charge in [0.25, 0.3) is 0 Å². The minimum Gasteiger partial charge on any atom is -0.369 e. The topological polar surface area (TPSA) is 61.3 Å². The van der Waals surface area contributed by atoms with Crippen LogP contribution in [0, 0.1) is 0 Å². The molecule has 0 heterocycles. The molecule has 0 amide bonds. The third kappa shape index (κ3) is 6.11. The Kier molecular flexibility index (Phi) is 6.51. The molecule has 0 aromatic rings. The summed E-state index contributed by atoms with van der Waals surface area (Å²) in [5, 5.41) is 0. The minimum atomic E-state index is -0.00264. The molecule has 3 nitrogen and oxygen atoms in total. The summed E-state index contributed by atoms with van der Waals surface area (Å²) in [7, 11) is 0. The molecular weight excluding hydrogens is 136 g/mol. The first-order valence-corrected chi connectivity index (χ1v) is 4.23. The molecule has 0 aromatic carbocycles. The first-order chi connectivity index (χ1) is 4.31. The third-order valence-corrected chi connectivity index (χ3v) is 1.24. The molecule has 0 saturated heterocycles. The largest absolute Gasteiger partial charge is 0.369 e. The Balaban J connectivity index is 2.88. The highest BCUT2D eigenvalue weighted by molar-refractivity contribution is 7.98. The van der Waals surface area contributed by atoms with Crippen molar-refractivity contribution in [3.05, 3.63) is 0 Å². The molecule has 56 valence electrons. The SMILES string of the molecule is CSCOC[C@@H](N)CN. The van der Waals surface area contributed by atoms with Crippen molar-refractivity contribution in [2.45, 2.75) is 6.04 Å². The van der Waals surface area contributed by atoms with E-state index in [0.29, 0.717) is 19.1 Å². The molecular formula is C5H14N2OS. The molecule has 0 spiro atoms. The Hall–Kier alpha value is 0.230. The number of nitrogens with two attached hydrogens (primary N) is 2. The lowest BCUT2D eigenvalue weighted by Gasteiger charge is -2.07. The maximum absolute atomic E-state index is 5.45. The van der Waals surface area contributed by atoms with E-state index in [2.05, 4.69) is 0 Å². The van der Waals surface area contributed by atoms with Gasteiger partial charge in [0.2, 0.25) is 0 Å². The number of hydrogen-bond acceptors (Lipinski definition) is 4. The van der Waals surface area contributed by atoms with E-state index in [0.717, 1.165) is 0 Å². The maximum Gasteiger partial charge on any atom is 0.0918 e. The lowest BCUT2D eigenvalue weighted by molar-refractivity contribution is 0.168. The van der Waals surface area contributed by atoms with E-state index >= 15 is 0 Å². The average Bonchev–Trinajstić information content (AvgIpc) is 1.89. The Labute approximate surface area is 60.1 Å². The summed E-state index contributed by atoms with van der Waals surface area (Å²) in [6.07, 6.45) is 1.98. The molecule has 0 unspecified atom stereocenters. The molecule has 0 rings (SSSR count). The van der Waals surface area contributed by atoms with Crippen LogP contribution in [-0.2, 0) is 4.74 Å². The number of hydrogen-bond donors (Lipinski definition) is 2. The van der Waals surface area contributed by atoms with Crippen LogP contribution in [0.25, 0.3) is 0 Å². The smallest absolute Gasteiger partial charge is 0.0918 e. The molecule has 0 aromatic heterocycles. The summed E-state index contributed by atoms with van der Waals surface area (Å²) in [6, 6.07) is -0.00264. The summed E-state index contributed by atoms with van der Waals surface area (Å²) in [5.41, 5.74) is 10.7. The molecule has 0 saturated carbocycles. The second kappa shape index (κ2) is 6.35. The number of rotatable bonds is 5. The molecule has 0 bridgehead atoms. The summed E-state index contributed by atoms with van der Waals surface area (Å²) in [6.45, 7) is 1.06. The predicted molar refractivity (Wildman–Crippen MR) is 41.4 cm³/mol. The normalized spacial score (nSPS) is 13.7.